The smallest absolute Gasteiger partial charge is 0.222 e. The van der Waals surface area contributed by atoms with E-state index in [0.29, 0.717) is 25.8 Å². The van der Waals surface area contributed by atoms with E-state index in [1.807, 2.05) is 60.4 Å². The van der Waals surface area contributed by atoms with Crippen LogP contribution in [0.3, 0.4) is 0 Å². The minimum atomic E-state index is -3.37. The van der Waals surface area contributed by atoms with Crippen molar-refractivity contribution in [2.45, 2.75) is 51.1 Å². The zero-order valence-corrected chi connectivity index (χ0v) is 17.9. The van der Waals surface area contributed by atoms with Crippen molar-refractivity contribution in [2.75, 3.05) is 12.8 Å². The lowest BCUT2D eigenvalue weighted by molar-refractivity contribution is -0.135. The molecule has 156 valence electrons. The molecule has 1 saturated heterocycles. The molecule has 1 aliphatic rings. The van der Waals surface area contributed by atoms with E-state index in [9.17, 15) is 13.2 Å². The molecular formula is C22H29N3O3S. The highest BCUT2D eigenvalue weighted by atomic mass is 32.2. The predicted octanol–water partition coefficient (Wildman–Crippen LogP) is 3.00. The van der Waals surface area contributed by atoms with Gasteiger partial charge in [0.1, 0.15) is 0 Å². The monoisotopic (exact) mass is 415 g/mol. The van der Waals surface area contributed by atoms with Gasteiger partial charge in [0.05, 0.1) is 18.0 Å². The van der Waals surface area contributed by atoms with E-state index in [4.69, 9.17) is 4.98 Å². The third kappa shape index (κ3) is 5.87. The van der Waals surface area contributed by atoms with Crippen molar-refractivity contribution >= 4 is 15.9 Å². The van der Waals surface area contributed by atoms with E-state index >= 15 is 0 Å². The normalized spacial score (nSPS) is 19.9. The van der Waals surface area contributed by atoms with E-state index < -0.39 is 10.0 Å². The third-order valence-electron chi connectivity index (χ3n) is 5.22. The summed E-state index contributed by atoms with van der Waals surface area (Å²) in [5.41, 5.74) is 2.76. The molecule has 0 aliphatic carbocycles. The van der Waals surface area contributed by atoms with Crippen molar-refractivity contribution in [2.24, 2.45) is 0 Å². The van der Waals surface area contributed by atoms with Gasteiger partial charge < -0.3 is 4.90 Å². The molecule has 1 aromatic heterocycles. The second-order valence-corrected chi connectivity index (χ2v) is 9.41. The van der Waals surface area contributed by atoms with Gasteiger partial charge in [0.2, 0.25) is 15.9 Å². The average molecular weight is 416 g/mol. The number of pyridine rings is 1. The van der Waals surface area contributed by atoms with Crippen molar-refractivity contribution < 1.29 is 13.2 Å². The SMILES string of the molecule is CCCC(=O)N1CCCC(NS(C)(=O)=O)C1Cc1cccc(-c2ccccc2)n1. The van der Waals surface area contributed by atoms with Gasteiger partial charge in [-0.3, -0.25) is 9.78 Å². The van der Waals surface area contributed by atoms with Crippen molar-refractivity contribution in [3.63, 3.8) is 0 Å². The number of aromatic nitrogens is 1. The maximum atomic E-state index is 12.7. The Hall–Kier alpha value is -2.25. The van der Waals surface area contributed by atoms with Crippen LogP contribution in [0, 0.1) is 0 Å². The van der Waals surface area contributed by atoms with Crippen LogP contribution in [0.5, 0.6) is 0 Å². The van der Waals surface area contributed by atoms with Gasteiger partial charge >= 0.3 is 0 Å². The van der Waals surface area contributed by atoms with Crippen LogP contribution in [0.25, 0.3) is 11.3 Å². The molecule has 1 amide bonds. The predicted molar refractivity (Wildman–Crippen MR) is 115 cm³/mol. The van der Waals surface area contributed by atoms with Gasteiger partial charge in [-0.05, 0) is 31.4 Å². The van der Waals surface area contributed by atoms with Gasteiger partial charge in [-0.25, -0.2) is 13.1 Å². The van der Waals surface area contributed by atoms with Crippen LogP contribution in [-0.2, 0) is 21.2 Å². The van der Waals surface area contributed by atoms with Crippen molar-refractivity contribution in [3.8, 4) is 11.3 Å². The number of likely N-dealkylation sites (tertiary alicyclic amines) is 1. The van der Waals surface area contributed by atoms with E-state index in [1.165, 1.54) is 6.26 Å². The van der Waals surface area contributed by atoms with Crippen LogP contribution >= 0.6 is 0 Å². The minimum absolute atomic E-state index is 0.0803. The summed E-state index contributed by atoms with van der Waals surface area (Å²) in [4.78, 5) is 19.4. The summed E-state index contributed by atoms with van der Waals surface area (Å²) < 4.78 is 26.6. The molecule has 1 aliphatic heterocycles. The molecular weight excluding hydrogens is 386 g/mol. The van der Waals surface area contributed by atoms with Gasteiger partial charge in [-0.2, -0.15) is 0 Å². The van der Waals surface area contributed by atoms with E-state index in [1.54, 1.807) is 0 Å². The second kappa shape index (κ2) is 9.50. The van der Waals surface area contributed by atoms with E-state index in [0.717, 1.165) is 29.8 Å². The summed E-state index contributed by atoms with van der Waals surface area (Å²) in [5, 5.41) is 0. The molecule has 2 atom stereocenters. The lowest BCUT2D eigenvalue weighted by Gasteiger charge is -2.41. The Balaban J connectivity index is 1.89. The summed E-state index contributed by atoms with van der Waals surface area (Å²) in [7, 11) is -3.37. The summed E-state index contributed by atoms with van der Waals surface area (Å²) in [6.07, 6.45) is 4.44. The van der Waals surface area contributed by atoms with E-state index in [-0.39, 0.29) is 18.0 Å². The van der Waals surface area contributed by atoms with Crippen LogP contribution in [-0.4, -0.2) is 49.1 Å². The molecule has 1 fully saturated rings. The highest BCUT2D eigenvalue weighted by Crippen LogP contribution is 2.24. The number of hydrogen-bond acceptors (Lipinski definition) is 4. The molecule has 29 heavy (non-hydrogen) atoms. The molecule has 7 heteroatoms. The average Bonchev–Trinajstić information content (AvgIpc) is 2.69. The fourth-order valence-electron chi connectivity index (χ4n) is 3.97. The Labute approximate surface area is 173 Å². The van der Waals surface area contributed by atoms with Crippen LogP contribution in [0.4, 0.5) is 0 Å². The Morgan fingerprint density at radius 3 is 2.62 bits per heavy atom. The maximum absolute atomic E-state index is 12.7. The molecule has 2 unspecified atom stereocenters. The molecule has 0 spiro atoms. The molecule has 0 radical (unpaired) electrons. The number of hydrogen-bond donors (Lipinski definition) is 1. The Morgan fingerprint density at radius 1 is 1.17 bits per heavy atom. The highest BCUT2D eigenvalue weighted by molar-refractivity contribution is 7.88. The quantitative estimate of drug-likeness (QED) is 0.754. The lowest BCUT2D eigenvalue weighted by Crippen LogP contribution is -2.57. The largest absolute Gasteiger partial charge is 0.338 e. The zero-order chi connectivity index (χ0) is 20.9. The maximum Gasteiger partial charge on any atom is 0.222 e. The Kier molecular flexibility index (Phi) is 7.03. The zero-order valence-electron chi connectivity index (χ0n) is 17.0. The van der Waals surface area contributed by atoms with Crippen LogP contribution in [0.1, 0.15) is 38.3 Å². The molecule has 1 N–H and O–H groups in total. The van der Waals surface area contributed by atoms with Gasteiger partial charge in [0.15, 0.2) is 0 Å². The molecule has 1 aromatic carbocycles. The van der Waals surface area contributed by atoms with Crippen LogP contribution in [0.2, 0.25) is 0 Å². The summed E-state index contributed by atoms with van der Waals surface area (Å²) in [5.74, 6) is 0.0803. The van der Waals surface area contributed by atoms with Gasteiger partial charge in [-0.1, -0.05) is 43.3 Å². The third-order valence-corrected chi connectivity index (χ3v) is 5.95. The van der Waals surface area contributed by atoms with Crippen LogP contribution < -0.4 is 4.72 Å². The first-order chi connectivity index (χ1) is 13.9. The molecule has 0 bridgehead atoms. The molecule has 3 rings (SSSR count). The number of sulfonamides is 1. The summed E-state index contributed by atoms with van der Waals surface area (Å²) in [6, 6.07) is 15.3. The highest BCUT2D eigenvalue weighted by Gasteiger charge is 2.35. The number of carbonyl (C=O) groups is 1. The van der Waals surface area contributed by atoms with Crippen molar-refractivity contribution in [1.29, 1.82) is 0 Å². The number of rotatable bonds is 7. The van der Waals surface area contributed by atoms with Crippen molar-refractivity contribution in [1.82, 2.24) is 14.6 Å². The van der Waals surface area contributed by atoms with Gasteiger partial charge in [0.25, 0.3) is 0 Å². The number of carbonyl (C=O) groups excluding carboxylic acids is 1. The number of benzene rings is 1. The number of nitrogens with one attached hydrogen (secondary N) is 1. The standard InChI is InChI=1S/C22H29N3O3S/c1-3-9-22(26)25-15-8-14-20(24-29(2,27)28)21(25)16-18-12-7-13-19(23-18)17-10-5-4-6-11-17/h4-7,10-13,20-21,24H,3,8-9,14-16H2,1-2H3. The first-order valence-electron chi connectivity index (χ1n) is 10.2. The van der Waals surface area contributed by atoms with Crippen LogP contribution in [0.15, 0.2) is 48.5 Å². The topological polar surface area (TPSA) is 79.4 Å². The first-order valence-corrected chi connectivity index (χ1v) is 12.0. The number of amides is 1. The summed E-state index contributed by atoms with van der Waals surface area (Å²) in [6.45, 7) is 2.64. The lowest BCUT2D eigenvalue weighted by atomic mass is 9.92. The van der Waals surface area contributed by atoms with Crippen molar-refractivity contribution in [3.05, 3.63) is 54.2 Å². The molecule has 2 aromatic rings. The van der Waals surface area contributed by atoms with Gasteiger partial charge in [0, 0.05) is 36.7 Å². The molecule has 0 saturated carbocycles. The van der Waals surface area contributed by atoms with E-state index in [2.05, 4.69) is 4.72 Å². The second-order valence-electron chi connectivity index (χ2n) is 7.63. The Bertz CT molecular complexity index is 931. The summed E-state index contributed by atoms with van der Waals surface area (Å²) >= 11 is 0. The fourth-order valence-corrected chi connectivity index (χ4v) is 4.79. The fraction of sp³-hybridized carbons (Fsp3) is 0.455. The molecule has 2 heterocycles. The molecule has 6 nitrogen and oxygen atoms in total. The number of nitrogens with zero attached hydrogens (tertiary/aromatic N) is 2. The minimum Gasteiger partial charge on any atom is -0.338 e. The number of piperidine rings is 1. The first kappa shape index (κ1) is 21.5. The van der Waals surface area contributed by atoms with Gasteiger partial charge in [-0.15, -0.1) is 0 Å². The Morgan fingerprint density at radius 2 is 1.93 bits per heavy atom.